The van der Waals surface area contributed by atoms with E-state index in [9.17, 15) is 13.2 Å². The van der Waals surface area contributed by atoms with Gasteiger partial charge in [-0.25, -0.2) is 18.2 Å². The number of fused-ring (bicyclic) bond motifs is 1. The summed E-state index contributed by atoms with van der Waals surface area (Å²) in [5, 5.41) is 5.67. The van der Waals surface area contributed by atoms with Gasteiger partial charge in [-0.3, -0.25) is 0 Å². The summed E-state index contributed by atoms with van der Waals surface area (Å²) >= 11 is 0. The van der Waals surface area contributed by atoms with Crippen molar-refractivity contribution >= 4 is 23.1 Å². The fourth-order valence-corrected chi connectivity index (χ4v) is 2.70. The summed E-state index contributed by atoms with van der Waals surface area (Å²) in [4.78, 5) is 8.52. The van der Waals surface area contributed by atoms with Crippen LogP contribution >= 0.6 is 0 Å². The van der Waals surface area contributed by atoms with E-state index in [-0.39, 0.29) is 17.5 Å². The van der Waals surface area contributed by atoms with Crippen LogP contribution in [0.2, 0.25) is 0 Å². The number of rotatable bonds is 4. The van der Waals surface area contributed by atoms with Crippen LogP contribution in [-0.2, 0) is 0 Å². The van der Waals surface area contributed by atoms with Crippen molar-refractivity contribution in [1.82, 2.24) is 9.97 Å². The SMILES string of the molecule is Cc1cc(Nc2ccc(F)c(F)c2F)nc(Nc2ccc3c(c2)OCCO3)n1. The highest BCUT2D eigenvalue weighted by Gasteiger charge is 2.15. The molecule has 0 fully saturated rings. The molecule has 1 aromatic heterocycles. The second-order valence-electron chi connectivity index (χ2n) is 6.05. The molecule has 0 unspecified atom stereocenters. The molecule has 4 rings (SSSR count). The molecule has 1 aliphatic heterocycles. The van der Waals surface area contributed by atoms with Gasteiger partial charge in [0.15, 0.2) is 29.0 Å². The van der Waals surface area contributed by atoms with E-state index in [1.165, 1.54) is 0 Å². The first-order valence-corrected chi connectivity index (χ1v) is 8.42. The lowest BCUT2D eigenvalue weighted by atomic mass is 10.2. The number of benzene rings is 2. The van der Waals surface area contributed by atoms with Gasteiger partial charge in [-0.05, 0) is 31.2 Å². The number of nitrogens with zero attached hydrogens (tertiary/aromatic N) is 2. The van der Waals surface area contributed by atoms with Crippen molar-refractivity contribution in [1.29, 1.82) is 0 Å². The predicted octanol–water partition coefficient (Wildman–Crippen LogP) is 4.46. The fraction of sp³-hybridized carbons (Fsp3) is 0.158. The molecule has 6 nitrogen and oxygen atoms in total. The molecule has 0 bridgehead atoms. The van der Waals surface area contributed by atoms with Gasteiger partial charge in [0, 0.05) is 23.5 Å². The van der Waals surface area contributed by atoms with E-state index in [0.29, 0.717) is 36.1 Å². The van der Waals surface area contributed by atoms with Gasteiger partial charge in [0.2, 0.25) is 5.95 Å². The summed E-state index contributed by atoms with van der Waals surface area (Å²) in [6, 6.07) is 8.78. The van der Waals surface area contributed by atoms with E-state index in [1.807, 2.05) is 0 Å². The number of hydrogen-bond donors (Lipinski definition) is 2. The molecule has 144 valence electrons. The quantitative estimate of drug-likeness (QED) is 0.643. The Morgan fingerprint density at radius 1 is 0.857 bits per heavy atom. The van der Waals surface area contributed by atoms with Crippen LogP contribution in [0.5, 0.6) is 11.5 Å². The van der Waals surface area contributed by atoms with Crippen molar-refractivity contribution < 1.29 is 22.6 Å². The summed E-state index contributed by atoms with van der Waals surface area (Å²) in [5.74, 6) is -2.42. The average Bonchev–Trinajstić information content (AvgIpc) is 2.68. The maximum atomic E-state index is 13.9. The van der Waals surface area contributed by atoms with Crippen molar-refractivity contribution in [2.75, 3.05) is 23.8 Å². The maximum absolute atomic E-state index is 13.9. The molecule has 2 N–H and O–H groups in total. The molecule has 2 heterocycles. The number of aromatic nitrogens is 2. The van der Waals surface area contributed by atoms with Crippen molar-refractivity contribution in [3.8, 4) is 11.5 Å². The lowest BCUT2D eigenvalue weighted by Gasteiger charge is -2.19. The topological polar surface area (TPSA) is 68.3 Å². The first-order valence-electron chi connectivity index (χ1n) is 8.42. The third kappa shape index (κ3) is 3.64. The number of hydrogen-bond acceptors (Lipinski definition) is 6. The molecule has 0 saturated carbocycles. The van der Waals surface area contributed by atoms with Crippen molar-refractivity contribution in [2.45, 2.75) is 6.92 Å². The molecule has 0 aliphatic carbocycles. The highest BCUT2D eigenvalue weighted by atomic mass is 19.2. The summed E-state index contributed by atoms with van der Waals surface area (Å²) in [6.07, 6.45) is 0. The Morgan fingerprint density at radius 3 is 2.46 bits per heavy atom. The van der Waals surface area contributed by atoms with Gasteiger partial charge >= 0.3 is 0 Å². The van der Waals surface area contributed by atoms with E-state index in [4.69, 9.17) is 9.47 Å². The van der Waals surface area contributed by atoms with E-state index >= 15 is 0 Å². The van der Waals surface area contributed by atoms with E-state index < -0.39 is 17.5 Å². The molecule has 0 radical (unpaired) electrons. The van der Waals surface area contributed by atoms with Gasteiger partial charge in [-0.15, -0.1) is 0 Å². The Labute approximate surface area is 158 Å². The lowest BCUT2D eigenvalue weighted by molar-refractivity contribution is 0.171. The van der Waals surface area contributed by atoms with Gasteiger partial charge < -0.3 is 20.1 Å². The second-order valence-corrected chi connectivity index (χ2v) is 6.05. The van der Waals surface area contributed by atoms with Crippen molar-refractivity contribution in [3.63, 3.8) is 0 Å². The van der Waals surface area contributed by atoms with Crippen LogP contribution in [0.1, 0.15) is 5.69 Å². The minimum absolute atomic E-state index is 0.220. The molecule has 0 spiro atoms. The first-order chi connectivity index (χ1) is 13.5. The molecule has 1 aliphatic rings. The van der Waals surface area contributed by atoms with E-state index in [0.717, 1.165) is 12.1 Å². The average molecular weight is 388 g/mol. The molecule has 0 amide bonds. The number of ether oxygens (including phenoxy) is 2. The van der Waals surface area contributed by atoms with Crippen LogP contribution in [0.3, 0.4) is 0 Å². The molecule has 0 saturated heterocycles. The fourth-order valence-electron chi connectivity index (χ4n) is 2.70. The minimum Gasteiger partial charge on any atom is -0.486 e. The van der Waals surface area contributed by atoms with Crippen LogP contribution in [0, 0.1) is 24.4 Å². The van der Waals surface area contributed by atoms with Crippen LogP contribution in [-0.4, -0.2) is 23.2 Å². The van der Waals surface area contributed by atoms with E-state index in [2.05, 4.69) is 20.6 Å². The maximum Gasteiger partial charge on any atom is 0.229 e. The Bertz CT molecular complexity index is 1050. The summed E-state index contributed by atoms with van der Waals surface area (Å²) in [5.41, 5.74) is 1.02. The summed E-state index contributed by atoms with van der Waals surface area (Å²) in [6.45, 7) is 2.69. The standard InChI is InChI=1S/C19H15F3N4O2/c1-10-8-16(25-13-4-3-12(20)17(21)18(13)22)26-19(23-10)24-11-2-5-14-15(9-11)28-7-6-27-14/h2-5,8-9H,6-7H2,1H3,(H2,23,24,25,26). The normalized spacial score (nSPS) is 12.6. The number of halogens is 3. The minimum atomic E-state index is -1.55. The zero-order valence-corrected chi connectivity index (χ0v) is 14.7. The Morgan fingerprint density at radius 2 is 1.64 bits per heavy atom. The van der Waals surface area contributed by atoms with Crippen LogP contribution in [0.4, 0.5) is 36.3 Å². The molecule has 2 aromatic carbocycles. The smallest absolute Gasteiger partial charge is 0.229 e. The molecule has 28 heavy (non-hydrogen) atoms. The Kier molecular flexibility index (Phi) is 4.64. The lowest BCUT2D eigenvalue weighted by Crippen LogP contribution is -2.15. The van der Waals surface area contributed by atoms with Gasteiger partial charge in [-0.1, -0.05) is 0 Å². The molecule has 3 aromatic rings. The summed E-state index contributed by atoms with van der Waals surface area (Å²) in [7, 11) is 0. The van der Waals surface area contributed by atoms with Gasteiger partial charge in [0.05, 0.1) is 5.69 Å². The molecule has 9 heteroatoms. The highest BCUT2D eigenvalue weighted by molar-refractivity contribution is 5.63. The largest absolute Gasteiger partial charge is 0.486 e. The third-order valence-electron chi connectivity index (χ3n) is 3.95. The molecule has 0 atom stereocenters. The number of nitrogens with one attached hydrogen (secondary N) is 2. The summed E-state index contributed by atoms with van der Waals surface area (Å²) < 4.78 is 51.4. The number of anilines is 4. The Hall–Kier alpha value is -3.49. The van der Waals surface area contributed by atoms with Crippen LogP contribution in [0.25, 0.3) is 0 Å². The highest BCUT2D eigenvalue weighted by Crippen LogP contribution is 2.33. The monoisotopic (exact) mass is 388 g/mol. The van der Waals surface area contributed by atoms with Crippen LogP contribution < -0.4 is 20.1 Å². The molecular weight excluding hydrogens is 373 g/mol. The van der Waals surface area contributed by atoms with E-state index in [1.54, 1.807) is 31.2 Å². The zero-order valence-electron chi connectivity index (χ0n) is 14.7. The third-order valence-corrected chi connectivity index (χ3v) is 3.95. The molecular formula is C19H15F3N4O2. The predicted molar refractivity (Wildman–Crippen MR) is 97.1 cm³/mol. The van der Waals surface area contributed by atoms with Gasteiger partial charge in [0.25, 0.3) is 0 Å². The van der Waals surface area contributed by atoms with Gasteiger partial charge in [0.1, 0.15) is 19.0 Å². The van der Waals surface area contributed by atoms with Gasteiger partial charge in [-0.2, -0.15) is 4.98 Å². The zero-order chi connectivity index (χ0) is 19.7. The van der Waals surface area contributed by atoms with Crippen molar-refractivity contribution in [3.05, 3.63) is 59.5 Å². The first kappa shape index (κ1) is 17.9. The van der Waals surface area contributed by atoms with Crippen LogP contribution in [0.15, 0.2) is 36.4 Å². The second kappa shape index (κ2) is 7.26. The van der Waals surface area contributed by atoms with Crippen molar-refractivity contribution in [2.24, 2.45) is 0 Å². The number of aryl methyl sites for hydroxylation is 1. The Balaban J connectivity index is 1.58.